The monoisotopic (exact) mass is 404 g/mol. The quantitative estimate of drug-likeness (QED) is 0.497. The number of halogens is 1. The van der Waals surface area contributed by atoms with Crippen LogP contribution in [0.3, 0.4) is 0 Å². The van der Waals surface area contributed by atoms with Crippen LogP contribution in [-0.4, -0.2) is 23.7 Å². The Balaban J connectivity index is 1.70. The van der Waals surface area contributed by atoms with Gasteiger partial charge in [-0.25, -0.2) is 4.39 Å². The topological polar surface area (TPSA) is 50.3 Å². The lowest BCUT2D eigenvalue weighted by molar-refractivity contribution is -0.118. The van der Waals surface area contributed by atoms with Gasteiger partial charge in [-0.2, -0.15) is 0 Å². The number of aryl methyl sites for hydroxylation is 2. The van der Waals surface area contributed by atoms with Crippen LogP contribution in [0.2, 0.25) is 0 Å². The van der Waals surface area contributed by atoms with Crippen molar-refractivity contribution in [1.82, 2.24) is 4.98 Å². The van der Waals surface area contributed by atoms with Gasteiger partial charge in [0, 0.05) is 48.6 Å². The Hall–Kier alpha value is -3.34. The first kappa shape index (κ1) is 21.4. The van der Waals surface area contributed by atoms with Gasteiger partial charge < -0.3 is 4.90 Å². The molecule has 1 amide bonds. The van der Waals surface area contributed by atoms with Gasteiger partial charge in [0.25, 0.3) is 0 Å². The Morgan fingerprint density at radius 1 is 1.03 bits per heavy atom. The van der Waals surface area contributed by atoms with Crippen LogP contribution < -0.4 is 4.90 Å². The van der Waals surface area contributed by atoms with E-state index in [1.807, 2.05) is 26.0 Å². The zero-order chi connectivity index (χ0) is 21.7. The molecule has 0 N–H and O–H groups in total. The third kappa shape index (κ3) is 4.98. The number of carbonyl (C=O) groups is 2. The van der Waals surface area contributed by atoms with Gasteiger partial charge >= 0.3 is 0 Å². The lowest BCUT2D eigenvalue weighted by Crippen LogP contribution is -2.24. The molecule has 0 spiro atoms. The fraction of sp³-hybridized carbons (Fsp3) is 0.240. The molecule has 1 heterocycles. The van der Waals surface area contributed by atoms with Gasteiger partial charge in [-0.15, -0.1) is 0 Å². The second-order valence-corrected chi connectivity index (χ2v) is 7.28. The molecule has 5 heteroatoms. The molecular formula is C25H25FN2O2. The van der Waals surface area contributed by atoms with Gasteiger partial charge in [0.15, 0.2) is 5.78 Å². The largest absolute Gasteiger partial charge is 0.316 e. The minimum atomic E-state index is -0.441. The average molecular weight is 404 g/mol. The van der Waals surface area contributed by atoms with Gasteiger partial charge in [-0.1, -0.05) is 37.3 Å². The molecule has 154 valence electrons. The Bertz CT molecular complexity index is 1040. The molecule has 0 saturated carbocycles. The van der Waals surface area contributed by atoms with E-state index >= 15 is 0 Å². The smallest absolute Gasteiger partial charge is 0.226 e. The number of hydrogen-bond donors (Lipinski definition) is 0. The van der Waals surface area contributed by atoms with Crippen LogP contribution in [0.1, 0.15) is 41.4 Å². The van der Waals surface area contributed by atoms with E-state index in [4.69, 9.17) is 0 Å². The van der Waals surface area contributed by atoms with Gasteiger partial charge in [0.2, 0.25) is 5.91 Å². The summed E-state index contributed by atoms with van der Waals surface area (Å²) in [7, 11) is 1.72. The van der Waals surface area contributed by atoms with E-state index in [2.05, 4.69) is 4.98 Å². The highest BCUT2D eigenvalue weighted by molar-refractivity contribution is 5.96. The number of aromatic nitrogens is 1. The molecule has 0 saturated heterocycles. The van der Waals surface area contributed by atoms with Gasteiger partial charge in [-0.3, -0.25) is 14.6 Å². The molecule has 2 aromatic carbocycles. The summed E-state index contributed by atoms with van der Waals surface area (Å²) in [6, 6.07) is 15.6. The zero-order valence-corrected chi connectivity index (χ0v) is 17.5. The fourth-order valence-electron chi connectivity index (χ4n) is 3.22. The van der Waals surface area contributed by atoms with Crippen LogP contribution in [0.25, 0.3) is 11.1 Å². The van der Waals surface area contributed by atoms with Gasteiger partial charge in [0.05, 0.1) is 0 Å². The number of benzene rings is 2. The SMILES string of the molecule is CCC(=O)N(C)c1ccc(-c2ccc(C(=O)CCc3ccc(C)nc3)cc2F)cc1. The standard InChI is InChI=1S/C25H25FN2O2/c1-4-25(30)28(3)21-11-8-19(9-12-21)22-13-10-20(15-23(22)26)24(29)14-7-18-6-5-17(2)27-16-18/h5-6,8-13,15-16H,4,7,14H2,1-3H3. The second kappa shape index (κ2) is 9.44. The number of ketones is 1. The molecule has 0 atom stereocenters. The summed E-state index contributed by atoms with van der Waals surface area (Å²) in [5.74, 6) is -0.530. The summed E-state index contributed by atoms with van der Waals surface area (Å²) in [5, 5.41) is 0. The number of anilines is 1. The van der Waals surface area contributed by atoms with Crippen LogP contribution in [0.15, 0.2) is 60.8 Å². The molecule has 0 bridgehead atoms. The van der Waals surface area contributed by atoms with Crippen molar-refractivity contribution < 1.29 is 14.0 Å². The summed E-state index contributed by atoms with van der Waals surface area (Å²) in [6.45, 7) is 3.72. The number of carbonyl (C=O) groups excluding carboxylic acids is 2. The Morgan fingerprint density at radius 2 is 1.77 bits per heavy atom. The molecule has 0 aliphatic rings. The van der Waals surface area contributed by atoms with Crippen LogP contribution in [0.5, 0.6) is 0 Å². The molecule has 0 aliphatic heterocycles. The number of rotatable bonds is 7. The lowest BCUT2D eigenvalue weighted by Gasteiger charge is -2.17. The maximum absolute atomic E-state index is 14.7. The van der Waals surface area contributed by atoms with Crippen LogP contribution in [0, 0.1) is 12.7 Å². The summed E-state index contributed by atoms with van der Waals surface area (Å²) in [6.07, 6.45) is 3.06. The maximum atomic E-state index is 14.7. The summed E-state index contributed by atoms with van der Waals surface area (Å²) >= 11 is 0. The average Bonchev–Trinajstić information content (AvgIpc) is 2.77. The van der Waals surface area contributed by atoms with E-state index in [1.54, 1.807) is 54.5 Å². The van der Waals surface area contributed by atoms with E-state index in [9.17, 15) is 14.0 Å². The van der Waals surface area contributed by atoms with Crippen molar-refractivity contribution >= 4 is 17.4 Å². The van der Waals surface area contributed by atoms with E-state index in [-0.39, 0.29) is 11.7 Å². The molecule has 0 fully saturated rings. The molecule has 0 radical (unpaired) electrons. The van der Waals surface area contributed by atoms with Crippen LogP contribution >= 0.6 is 0 Å². The number of pyridine rings is 1. The van der Waals surface area contributed by atoms with E-state index in [0.717, 1.165) is 16.9 Å². The first-order valence-electron chi connectivity index (χ1n) is 10.00. The molecule has 3 rings (SSSR count). The highest BCUT2D eigenvalue weighted by Crippen LogP contribution is 2.26. The first-order chi connectivity index (χ1) is 14.4. The third-order valence-electron chi connectivity index (χ3n) is 5.15. The van der Waals surface area contributed by atoms with Crippen molar-refractivity contribution in [2.75, 3.05) is 11.9 Å². The van der Waals surface area contributed by atoms with Crippen molar-refractivity contribution in [3.8, 4) is 11.1 Å². The molecule has 0 aliphatic carbocycles. The summed E-state index contributed by atoms with van der Waals surface area (Å²) in [4.78, 5) is 30.1. The van der Waals surface area contributed by atoms with E-state index in [0.29, 0.717) is 36.0 Å². The normalized spacial score (nSPS) is 10.7. The molecular weight excluding hydrogens is 379 g/mol. The van der Waals surface area contributed by atoms with Crippen molar-refractivity contribution in [1.29, 1.82) is 0 Å². The van der Waals surface area contributed by atoms with Crippen molar-refractivity contribution in [2.24, 2.45) is 0 Å². The van der Waals surface area contributed by atoms with E-state index in [1.165, 1.54) is 6.07 Å². The van der Waals surface area contributed by atoms with Crippen molar-refractivity contribution in [3.05, 3.63) is 83.4 Å². The number of hydrogen-bond acceptors (Lipinski definition) is 3. The van der Waals surface area contributed by atoms with Crippen LogP contribution in [-0.2, 0) is 11.2 Å². The summed E-state index contributed by atoms with van der Waals surface area (Å²) in [5.41, 5.74) is 4.14. The highest BCUT2D eigenvalue weighted by Gasteiger charge is 2.13. The second-order valence-electron chi connectivity index (χ2n) is 7.28. The molecule has 1 aromatic heterocycles. The lowest BCUT2D eigenvalue weighted by atomic mass is 9.99. The molecule has 4 nitrogen and oxygen atoms in total. The highest BCUT2D eigenvalue weighted by atomic mass is 19.1. The third-order valence-corrected chi connectivity index (χ3v) is 5.15. The van der Waals surface area contributed by atoms with Crippen LogP contribution in [0.4, 0.5) is 10.1 Å². The van der Waals surface area contributed by atoms with Crippen molar-refractivity contribution in [3.63, 3.8) is 0 Å². The predicted molar refractivity (Wildman–Crippen MR) is 117 cm³/mol. The Morgan fingerprint density at radius 3 is 2.37 bits per heavy atom. The molecule has 3 aromatic rings. The predicted octanol–water partition coefficient (Wildman–Crippen LogP) is 5.38. The number of Topliss-reactive ketones (excluding diaryl/α,β-unsaturated/α-hetero) is 1. The molecule has 30 heavy (non-hydrogen) atoms. The maximum Gasteiger partial charge on any atom is 0.226 e. The minimum Gasteiger partial charge on any atom is -0.316 e. The zero-order valence-electron chi connectivity index (χ0n) is 17.5. The van der Waals surface area contributed by atoms with Gasteiger partial charge in [0.1, 0.15) is 5.82 Å². The number of amides is 1. The first-order valence-corrected chi connectivity index (χ1v) is 10.00. The van der Waals surface area contributed by atoms with Gasteiger partial charge in [-0.05, 0) is 48.7 Å². The number of nitrogens with zero attached hydrogens (tertiary/aromatic N) is 2. The molecule has 0 unspecified atom stereocenters. The Kier molecular flexibility index (Phi) is 6.72. The minimum absolute atomic E-state index is 0.0122. The van der Waals surface area contributed by atoms with Crippen molar-refractivity contribution in [2.45, 2.75) is 33.1 Å². The van der Waals surface area contributed by atoms with E-state index < -0.39 is 5.82 Å². The Labute approximate surface area is 176 Å². The fourth-order valence-corrected chi connectivity index (χ4v) is 3.22. The summed E-state index contributed by atoms with van der Waals surface area (Å²) < 4.78 is 14.7.